The van der Waals surface area contributed by atoms with Crippen LogP contribution in [0.3, 0.4) is 0 Å². The minimum Gasteiger partial charge on any atom is -0.478 e. The van der Waals surface area contributed by atoms with Gasteiger partial charge in [-0.05, 0) is 31.2 Å². The summed E-state index contributed by atoms with van der Waals surface area (Å²) in [7, 11) is 0. The summed E-state index contributed by atoms with van der Waals surface area (Å²) in [5, 5.41) is 11.6. The lowest BCUT2D eigenvalue weighted by atomic mass is 10.2. The second-order valence-corrected chi connectivity index (χ2v) is 3.89. The summed E-state index contributed by atoms with van der Waals surface area (Å²) < 4.78 is 25.8. The van der Waals surface area contributed by atoms with Crippen LogP contribution in [0.1, 0.15) is 16.1 Å². The summed E-state index contributed by atoms with van der Waals surface area (Å²) >= 11 is 0. The number of aromatic carboxylic acids is 1. The molecule has 1 aromatic carbocycles. The van der Waals surface area contributed by atoms with Gasteiger partial charge >= 0.3 is 5.97 Å². The molecule has 0 saturated carbocycles. The fraction of sp³-hybridized carbons (Fsp3) is 0.0769. The minimum atomic E-state index is -1.07. The van der Waals surface area contributed by atoms with Crippen molar-refractivity contribution in [3.8, 4) is 0 Å². The first-order chi connectivity index (χ1) is 8.97. The Morgan fingerprint density at radius 2 is 1.95 bits per heavy atom. The molecule has 2 N–H and O–H groups in total. The van der Waals surface area contributed by atoms with E-state index in [9.17, 15) is 13.6 Å². The van der Waals surface area contributed by atoms with E-state index in [2.05, 4.69) is 10.3 Å². The maximum atomic E-state index is 13.0. The zero-order valence-electron chi connectivity index (χ0n) is 9.95. The number of hydrogen-bond acceptors (Lipinski definition) is 3. The Morgan fingerprint density at radius 1 is 1.21 bits per heavy atom. The van der Waals surface area contributed by atoms with E-state index in [0.717, 1.165) is 12.1 Å². The molecule has 0 aliphatic carbocycles. The first-order valence-corrected chi connectivity index (χ1v) is 5.40. The standard InChI is InChI=1S/C13H10F2N2O2/c1-7-9(13(18)19)3-5-12(16-7)17-8-2-4-10(14)11(15)6-8/h2-6H,1H3,(H,16,17)(H,18,19). The van der Waals surface area contributed by atoms with Crippen molar-refractivity contribution in [2.24, 2.45) is 0 Å². The third-order valence-electron chi connectivity index (χ3n) is 2.51. The second kappa shape index (κ2) is 5.01. The molecule has 0 atom stereocenters. The van der Waals surface area contributed by atoms with Gasteiger partial charge in [-0.25, -0.2) is 18.6 Å². The molecule has 0 aliphatic heterocycles. The van der Waals surface area contributed by atoms with Crippen molar-refractivity contribution in [2.45, 2.75) is 6.92 Å². The molecule has 0 bridgehead atoms. The van der Waals surface area contributed by atoms with Crippen molar-refractivity contribution < 1.29 is 18.7 Å². The molecule has 2 aromatic rings. The van der Waals surface area contributed by atoms with Crippen LogP contribution in [0.5, 0.6) is 0 Å². The maximum Gasteiger partial charge on any atom is 0.337 e. The largest absolute Gasteiger partial charge is 0.478 e. The van der Waals surface area contributed by atoms with E-state index in [0.29, 0.717) is 17.2 Å². The van der Waals surface area contributed by atoms with Crippen LogP contribution in [0, 0.1) is 18.6 Å². The summed E-state index contributed by atoms with van der Waals surface area (Å²) in [6, 6.07) is 6.21. The highest BCUT2D eigenvalue weighted by Gasteiger charge is 2.09. The smallest absolute Gasteiger partial charge is 0.337 e. The summed E-state index contributed by atoms with van der Waals surface area (Å²) in [4.78, 5) is 14.9. The van der Waals surface area contributed by atoms with Crippen LogP contribution in [-0.2, 0) is 0 Å². The van der Waals surface area contributed by atoms with Crippen LogP contribution < -0.4 is 5.32 Å². The van der Waals surface area contributed by atoms with Gasteiger partial charge in [0.05, 0.1) is 11.3 Å². The molecule has 0 radical (unpaired) electrons. The molecule has 4 nitrogen and oxygen atoms in total. The zero-order valence-corrected chi connectivity index (χ0v) is 9.95. The number of carboxylic acid groups (broad SMARTS) is 1. The molecule has 19 heavy (non-hydrogen) atoms. The SMILES string of the molecule is Cc1nc(Nc2ccc(F)c(F)c2)ccc1C(=O)O. The Morgan fingerprint density at radius 3 is 2.53 bits per heavy atom. The van der Waals surface area contributed by atoms with E-state index in [1.165, 1.54) is 18.2 Å². The first-order valence-electron chi connectivity index (χ1n) is 5.40. The third-order valence-corrected chi connectivity index (χ3v) is 2.51. The molecular weight excluding hydrogens is 254 g/mol. The number of anilines is 2. The van der Waals surface area contributed by atoms with E-state index >= 15 is 0 Å². The summed E-state index contributed by atoms with van der Waals surface area (Å²) in [6.45, 7) is 1.56. The average Bonchev–Trinajstić information content (AvgIpc) is 2.33. The van der Waals surface area contributed by atoms with Gasteiger partial charge in [0.25, 0.3) is 0 Å². The molecule has 1 heterocycles. The van der Waals surface area contributed by atoms with E-state index in [4.69, 9.17) is 5.11 Å². The fourth-order valence-corrected chi connectivity index (χ4v) is 1.58. The molecule has 0 aliphatic rings. The Balaban J connectivity index is 2.26. The highest BCUT2D eigenvalue weighted by Crippen LogP contribution is 2.18. The number of nitrogens with zero attached hydrogens (tertiary/aromatic N) is 1. The normalized spacial score (nSPS) is 10.3. The van der Waals surface area contributed by atoms with Crippen LogP contribution in [-0.4, -0.2) is 16.1 Å². The molecule has 0 unspecified atom stereocenters. The molecule has 0 spiro atoms. The third kappa shape index (κ3) is 2.85. The van der Waals surface area contributed by atoms with Gasteiger partial charge in [-0.15, -0.1) is 0 Å². The summed E-state index contributed by atoms with van der Waals surface area (Å²) in [5.74, 6) is -2.61. The number of rotatable bonds is 3. The number of nitrogens with one attached hydrogen (secondary N) is 1. The van der Waals surface area contributed by atoms with Crippen molar-refractivity contribution in [2.75, 3.05) is 5.32 Å². The lowest BCUT2D eigenvalue weighted by Gasteiger charge is -2.08. The number of aromatic nitrogens is 1. The average molecular weight is 264 g/mol. The number of hydrogen-bond donors (Lipinski definition) is 2. The molecule has 0 fully saturated rings. The van der Waals surface area contributed by atoms with Gasteiger partial charge in [0, 0.05) is 11.8 Å². The van der Waals surface area contributed by atoms with Crippen LogP contribution in [0.2, 0.25) is 0 Å². The van der Waals surface area contributed by atoms with Crippen LogP contribution in [0.4, 0.5) is 20.3 Å². The van der Waals surface area contributed by atoms with Crippen molar-refractivity contribution in [3.05, 3.63) is 53.2 Å². The highest BCUT2D eigenvalue weighted by atomic mass is 19.2. The van der Waals surface area contributed by atoms with E-state index in [1.807, 2.05) is 0 Å². The van der Waals surface area contributed by atoms with Gasteiger partial charge in [0.15, 0.2) is 11.6 Å². The molecule has 6 heteroatoms. The predicted octanol–water partition coefficient (Wildman–Crippen LogP) is 3.11. The lowest BCUT2D eigenvalue weighted by molar-refractivity contribution is 0.0695. The van der Waals surface area contributed by atoms with Crippen LogP contribution in [0.25, 0.3) is 0 Å². The van der Waals surface area contributed by atoms with Gasteiger partial charge in [-0.3, -0.25) is 0 Å². The van der Waals surface area contributed by atoms with Gasteiger partial charge in [-0.2, -0.15) is 0 Å². The monoisotopic (exact) mass is 264 g/mol. The van der Waals surface area contributed by atoms with Gasteiger partial charge in [-0.1, -0.05) is 0 Å². The van der Waals surface area contributed by atoms with E-state index in [1.54, 1.807) is 6.92 Å². The maximum absolute atomic E-state index is 13.0. The van der Waals surface area contributed by atoms with Crippen molar-refractivity contribution >= 4 is 17.5 Å². The van der Waals surface area contributed by atoms with Crippen LogP contribution in [0.15, 0.2) is 30.3 Å². The van der Waals surface area contributed by atoms with Crippen molar-refractivity contribution in [1.29, 1.82) is 0 Å². The zero-order chi connectivity index (χ0) is 14.0. The number of benzene rings is 1. The van der Waals surface area contributed by atoms with Gasteiger partial charge in [0.2, 0.25) is 0 Å². The minimum absolute atomic E-state index is 0.0934. The van der Waals surface area contributed by atoms with E-state index in [-0.39, 0.29) is 5.56 Å². The van der Waals surface area contributed by atoms with Crippen molar-refractivity contribution in [1.82, 2.24) is 4.98 Å². The lowest BCUT2D eigenvalue weighted by Crippen LogP contribution is -2.03. The van der Waals surface area contributed by atoms with Crippen molar-refractivity contribution in [3.63, 3.8) is 0 Å². The fourth-order valence-electron chi connectivity index (χ4n) is 1.58. The highest BCUT2D eigenvalue weighted by molar-refractivity contribution is 5.89. The van der Waals surface area contributed by atoms with Gasteiger partial charge < -0.3 is 10.4 Å². The number of pyridine rings is 1. The van der Waals surface area contributed by atoms with Gasteiger partial charge in [0.1, 0.15) is 5.82 Å². The first kappa shape index (κ1) is 12.9. The molecular formula is C13H10F2N2O2. The molecule has 98 valence electrons. The Hall–Kier alpha value is -2.50. The molecule has 0 amide bonds. The number of halogens is 2. The molecule has 0 saturated heterocycles. The Kier molecular flexibility index (Phi) is 3.41. The summed E-state index contributed by atoms with van der Waals surface area (Å²) in [5.41, 5.74) is 0.754. The number of carbonyl (C=O) groups is 1. The van der Waals surface area contributed by atoms with Crippen LogP contribution >= 0.6 is 0 Å². The predicted molar refractivity (Wildman–Crippen MR) is 65.6 cm³/mol. The quantitative estimate of drug-likeness (QED) is 0.894. The number of carboxylic acids is 1. The molecule has 2 rings (SSSR count). The second-order valence-electron chi connectivity index (χ2n) is 3.89. The number of aryl methyl sites for hydroxylation is 1. The molecule has 1 aromatic heterocycles. The Labute approximate surface area is 107 Å². The summed E-state index contributed by atoms with van der Waals surface area (Å²) in [6.07, 6.45) is 0. The van der Waals surface area contributed by atoms with E-state index < -0.39 is 17.6 Å². The topological polar surface area (TPSA) is 62.2 Å². The Bertz CT molecular complexity index is 645.